The first-order chi connectivity index (χ1) is 9.11. The lowest BCUT2D eigenvalue weighted by Crippen LogP contribution is -2.16. The molecule has 7 nitrogen and oxygen atoms in total. The summed E-state index contributed by atoms with van der Waals surface area (Å²) in [4.78, 5) is 29.3. The van der Waals surface area contributed by atoms with Gasteiger partial charge in [0.2, 0.25) is 0 Å². The number of aromatic amines is 1. The van der Waals surface area contributed by atoms with Gasteiger partial charge < -0.3 is 14.8 Å². The van der Waals surface area contributed by atoms with Gasteiger partial charge in [-0.3, -0.25) is 5.32 Å². The van der Waals surface area contributed by atoms with Crippen LogP contribution < -0.4 is 5.32 Å². The Kier molecular flexibility index (Phi) is 3.46. The van der Waals surface area contributed by atoms with Crippen LogP contribution in [-0.4, -0.2) is 33.7 Å². The Morgan fingerprint density at radius 2 is 2.32 bits per heavy atom. The van der Waals surface area contributed by atoms with Crippen LogP contribution in [0.5, 0.6) is 0 Å². The maximum Gasteiger partial charge on any atom is 0.411 e. The number of benzene rings is 1. The minimum atomic E-state index is -1.16. The molecule has 0 spiro atoms. The van der Waals surface area contributed by atoms with E-state index in [0.717, 1.165) is 0 Å². The van der Waals surface area contributed by atoms with Gasteiger partial charge in [-0.05, 0) is 12.1 Å². The highest BCUT2D eigenvalue weighted by Crippen LogP contribution is 2.22. The lowest BCUT2D eigenvalue weighted by atomic mass is 10.1. The van der Waals surface area contributed by atoms with Crippen molar-refractivity contribution >= 4 is 28.8 Å². The Hall–Kier alpha value is -2.83. The number of anilines is 1. The molecular weight excluding hydrogens is 250 g/mol. The van der Waals surface area contributed by atoms with Crippen molar-refractivity contribution in [2.24, 2.45) is 0 Å². The standard InChI is InChI=1S/C12H11N3O4/c1-2-3-19-12(18)15-8-5-10-9(13-6-14-10)4-7(8)11(16)17/h2,4-6H,1,3H2,(H,13,14)(H,15,18)(H,16,17). The van der Waals surface area contributed by atoms with E-state index in [0.29, 0.717) is 11.0 Å². The Morgan fingerprint density at radius 1 is 1.53 bits per heavy atom. The summed E-state index contributed by atoms with van der Waals surface area (Å²) in [5.74, 6) is -1.16. The number of aromatic nitrogens is 2. The Morgan fingerprint density at radius 3 is 3.00 bits per heavy atom. The number of ether oxygens (including phenoxy) is 1. The number of carboxylic acid groups (broad SMARTS) is 1. The summed E-state index contributed by atoms with van der Waals surface area (Å²) >= 11 is 0. The van der Waals surface area contributed by atoms with Gasteiger partial charge in [0.05, 0.1) is 28.6 Å². The molecule has 0 atom stereocenters. The third kappa shape index (κ3) is 2.71. The first-order valence-electron chi connectivity index (χ1n) is 5.37. The summed E-state index contributed by atoms with van der Waals surface area (Å²) < 4.78 is 4.73. The minimum Gasteiger partial charge on any atom is -0.478 e. The molecule has 0 radical (unpaired) electrons. The van der Waals surface area contributed by atoms with Crippen LogP contribution in [0.4, 0.5) is 10.5 Å². The van der Waals surface area contributed by atoms with Gasteiger partial charge in [-0.1, -0.05) is 12.7 Å². The zero-order chi connectivity index (χ0) is 13.8. The fourth-order valence-electron chi connectivity index (χ4n) is 1.54. The van der Waals surface area contributed by atoms with E-state index in [1.54, 1.807) is 0 Å². The summed E-state index contributed by atoms with van der Waals surface area (Å²) in [7, 11) is 0. The molecule has 2 rings (SSSR count). The number of amides is 1. The van der Waals surface area contributed by atoms with E-state index in [-0.39, 0.29) is 17.9 Å². The van der Waals surface area contributed by atoms with Gasteiger partial charge in [0, 0.05) is 0 Å². The quantitative estimate of drug-likeness (QED) is 0.730. The predicted molar refractivity (Wildman–Crippen MR) is 68.2 cm³/mol. The molecule has 2 aromatic rings. The van der Waals surface area contributed by atoms with E-state index >= 15 is 0 Å². The summed E-state index contributed by atoms with van der Waals surface area (Å²) in [6.45, 7) is 3.45. The number of nitrogens with one attached hydrogen (secondary N) is 2. The summed E-state index contributed by atoms with van der Waals surface area (Å²) in [6.07, 6.45) is 2.10. The largest absolute Gasteiger partial charge is 0.478 e. The van der Waals surface area contributed by atoms with Crippen molar-refractivity contribution < 1.29 is 19.4 Å². The van der Waals surface area contributed by atoms with E-state index in [1.807, 2.05) is 0 Å². The van der Waals surface area contributed by atoms with Crippen LogP contribution in [0.1, 0.15) is 10.4 Å². The van der Waals surface area contributed by atoms with Gasteiger partial charge in [-0.25, -0.2) is 14.6 Å². The monoisotopic (exact) mass is 261 g/mol. The molecule has 7 heteroatoms. The third-order valence-electron chi connectivity index (χ3n) is 2.36. The summed E-state index contributed by atoms with van der Waals surface area (Å²) in [5, 5.41) is 11.5. The van der Waals surface area contributed by atoms with Gasteiger partial charge in [0.25, 0.3) is 0 Å². The molecule has 0 saturated carbocycles. The van der Waals surface area contributed by atoms with Crippen LogP contribution in [0, 0.1) is 0 Å². The first-order valence-corrected chi connectivity index (χ1v) is 5.37. The van der Waals surface area contributed by atoms with Gasteiger partial charge in [-0.15, -0.1) is 0 Å². The first kappa shape index (κ1) is 12.6. The second kappa shape index (κ2) is 5.21. The van der Waals surface area contributed by atoms with Crippen molar-refractivity contribution in [3.05, 3.63) is 36.7 Å². The molecule has 19 heavy (non-hydrogen) atoms. The van der Waals surface area contributed by atoms with Gasteiger partial charge >= 0.3 is 12.1 Å². The molecule has 0 bridgehead atoms. The Labute approximate surface area is 107 Å². The SMILES string of the molecule is C=CCOC(=O)Nc1cc2nc[nH]c2cc1C(=O)O. The van der Waals surface area contributed by atoms with Crippen LogP contribution in [0.25, 0.3) is 11.0 Å². The van der Waals surface area contributed by atoms with Gasteiger partial charge in [-0.2, -0.15) is 0 Å². The van der Waals surface area contributed by atoms with Gasteiger partial charge in [0.1, 0.15) is 6.61 Å². The molecule has 1 aromatic carbocycles. The minimum absolute atomic E-state index is 0.0406. The molecule has 0 aliphatic heterocycles. The number of H-pyrrole nitrogens is 1. The number of hydrogen-bond acceptors (Lipinski definition) is 4. The van der Waals surface area contributed by atoms with E-state index in [4.69, 9.17) is 9.84 Å². The third-order valence-corrected chi connectivity index (χ3v) is 2.36. The van der Waals surface area contributed by atoms with Crippen molar-refractivity contribution in [2.45, 2.75) is 0 Å². The molecule has 0 fully saturated rings. The van der Waals surface area contributed by atoms with Crippen LogP contribution in [0.3, 0.4) is 0 Å². The second-order valence-electron chi connectivity index (χ2n) is 3.63. The zero-order valence-corrected chi connectivity index (χ0v) is 9.84. The van der Waals surface area contributed by atoms with Gasteiger partial charge in [0.15, 0.2) is 0 Å². The Bertz CT molecular complexity index is 647. The highest BCUT2D eigenvalue weighted by molar-refractivity contribution is 6.02. The number of carboxylic acids is 1. The highest BCUT2D eigenvalue weighted by atomic mass is 16.5. The molecule has 0 saturated heterocycles. The lowest BCUT2D eigenvalue weighted by molar-refractivity contribution is 0.0698. The second-order valence-corrected chi connectivity index (χ2v) is 3.63. The van der Waals surface area contributed by atoms with E-state index in [1.165, 1.54) is 24.5 Å². The number of hydrogen-bond donors (Lipinski definition) is 3. The fourth-order valence-corrected chi connectivity index (χ4v) is 1.54. The number of imidazole rings is 1. The van der Waals surface area contributed by atoms with E-state index in [2.05, 4.69) is 21.9 Å². The van der Waals surface area contributed by atoms with Crippen LogP contribution in [-0.2, 0) is 4.74 Å². The number of carbonyl (C=O) groups excluding carboxylic acids is 1. The molecule has 3 N–H and O–H groups in total. The molecular formula is C12H11N3O4. The smallest absolute Gasteiger partial charge is 0.411 e. The zero-order valence-electron chi connectivity index (χ0n) is 9.84. The van der Waals surface area contributed by atoms with E-state index in [9.17, 15) is 9.59 Å². The predicted octanol–water partition coefficient (Wildman–Crippen LogP) is 2.00. The molecule has 1 heterocycles. The molecule has 0 aliphatic rings. The van der Waals surface area contributed by atoms with Crippen molar-refractivity contribution in [3.63, 3.8) is 0 Å². The maximum absolute atomic E-state index is 11.4. The number of rotatable bonds is 4. The molecule has 1 amide bonds. The molecule has 0 unspecified atom stereocenters. The van der Waals surface area contributed by atoms with Crippen molar-refractivity contribution in [2.75, 3.05) is 11.9 Å². The number of fused-ring (bicyclic) bond motifs is 1. The number of carbonyl (C=O) groups is 2. The molecule has 1 aromatic heterocycles. The van der Waals surface area contributed by atoms with Crippen LogP contribution >= 0.6 is 0 Å². The average Bonchev–Trinajstić information content (AvgIpc) is 2.82. The normalized spacial score (nSPS) is 10.1. The fraction of sp³-hybridized carbons (Fsp3) is 0.0833. The lowest BCUT2D eigenvalue weighted by Gasteiger charge is -2.08. The highest BCUT2D eigenvalue weighted by Gasteiger charge is 2.15. The number of aromatic carboxylic acids is 1. The molecule has 98 valence electrons. The van der Waals surface area contributed by atoms with E-state index < -0.39 is 12.1 Å². The van der Waals surface area contributed by atoms with Crippen LogP contribution in [0.15, 0.2) is 31.1 Å². The molecule has 0 aliphatic carbocycles. The van der Waals surface area contributed by atoms with Crippen molar-refractivity contribution in [1.82, 2.24) is 9.97 Å². The Balaban J connectivity index is 2.33. The summed E-state index contributed by atoms with van der Waals surface area (Å²) in [5.41, 5.74) is 1.19. The number of nitrogens with zero attached hydrogens (tertiary/aromatic N) is 1. The maximum atomic E-state index is 11.4. The average molecular weight is 261 g/mol. The van der Waals surface area contributed by atoms with Crippen molar-refractivity contribution in [1.29, 1.82) is 0 Å². The topological polar surface area (TPSA) is 104 Å². The van der Waals surface area contributed by atoms with Crippen LogP contribution in [0.2, 0.25) is 0 Å². The van der Waals surface area contributed by atoms with Crippen molar-refractivity contribution in [3.8, 4) is 0 Å². The summed E-state index contributed by atoms with van der Waals surface area (Å²) in [6, 6.07) is 2.86.